The van der Waals surface area contributed by atoms with Crippen LogP contribution >= 0.6 is 0 Å². The molecule has 146 valence electrons. The number of halogens is 2. The van der Waals surface area contributed by atoms with Gasteiger partial charge in [-0.05, 0) is 24.1 Å². The number of hydrogen-bond donors (Lipinski definition) is 1. The van der Waals surface area contributed by atoms with Crippen molar-refractivity contribution in [3.63, 3.8) is 0 Å². The molecule has 2 aromatic carbocycles. The van der Waals surface area contributed by atoms with Crippen LogP contribution in [0.5, 0.6) is 0 Å². The van der Waals surface area contributed by atoms with Crippen molar-refractivity contribution in [2.75, 3.05) is 11.9 Å². The van der Waals surface area contributed by atoms with Crippen LogP contribution in [0.25, 0.3) is 0 Å². The van der Waals surface area contributed by atoms with Gasteiger partial charge in [0.2, 0.25) is 0 Å². The molecule has 2 amide bonds. The third-order valence-electron chi connectivity index (χ3n) is 4.81. The molecular formula is C21H16F2N4O2. The van der Waals surface area contributed by atoms with E-state index in [0.29, 0.717) is 12.6 Å². The van der Waals surface area contributed by atoms with Gasteiger partial charge in [-0.2, -0.15) is 0 Å². The summed E-state index contributed by atoms with van der Waals surface area (Å²) >= 11 is 0. The van der Waals surface area contributed by atoms with E-state index in [2.05, 4.69) is 15.3 Å². The lowest BCUT2D eigenvalue weighted by molar-refractivity contribution is 0.0455. The molecule has 1 atom stereocenters. The highest BCUT2D eigenvalue weighted by Crippen LogP contribution is 2.35. The fourth-order valence-corrected chi connectivity index (χ4v) is 3.23. The number of nitrogens with one attached hydrogen (secondary N) is 1. The van der Waals surface area contributed by atoms with Crippen molar-refractivity contribution in [2.24, 2.45) is 0 Å². The molecule has 1 aliphatic rings. The van der Waals surface area contributed by atoms with E-state index < -0.39 is 23.4 Å². The summed E-state index contributed by atoms with van der Waals surface area (Å²) in [5, 5.41) is 2.33. The minimum atomic E-state index is -0.982. The highest BCUT2D eigenvalue weighted by atomic mass is 19.1. The van der Waals surface area contributed by atoms with Crippen LogP contribution in [0.4, 0.5) is 14.5 Å². The van der Waals surface area contributed by atoms with E-state index in [1.54, 1.807) is 0 Å². The van der Waals surface area contributed by atoms with Gasteiger partial charge >= 0.3 is 0 Å². The third-order valence-corrected chi connectivity index (χ3v) is 4.81. The number of carbonyl (C=O) groups is 2. The molecule has 6 nitrogen and oxygen atoms in total. The van der Waals surface area contributed by atoms with E-state index in [1.807, 2.05) is 30.3 Å². The molecule has 29 heavy (non-hydrogen) atoms. The lowest BCUT2D eigenvalue weighted by Crippen LogP contribution is -2.45. The summed E-state index contributed by atoms with van der Waals surface area (Å²) in [6, 6.07) is 12.2. The zero-order valence-electron chi connectivity index (χ0n) is 15.2. The lowest BCUT2D eigenvalue weighted by Gasteiger charge is -2.41. The average molecular weight is 394 g/mol. The normalized spacial score (nSPS) is 15.5. The summed E-state index contributed by atoms with van der Waals surface area (Å²) in [5.74, 6) is -3.21. The topological polar surface area (TPSA) is 75.2 Å². The number of hydrogen-bond acceptors (Lipinski definition) is 4. The zero-order chi connectivity index (χ0) is 20.4. The van der Waals surface area contributed by atoms with Gasteiger partial charge in [0.25, 0.3) is 11.8 Å². The van der Waals surface area contributed by atoms with E-state index in [4.69, 9.17) is 0 Å². The molecule has 0 radical (unpaired) electrons. The maximum absolute atomic E-state index is 14.4. The van der Waals surface area contributed by atoms with Crippen LogP contribution in [0.2, 0.25) is 0 Å². The SMILES string of the molecule is O=C(Nc1cc(C(=O)N2CCC2c2ccccc2)c(F)cc1F)c1ccncn1. The summed E-state index contributed by atoms with van der Waals surface area (Å²) in [4.78, 5) is 34.1. The molecule has 1 unspecified atom stereocenters. The Labute approximate surface area is 165 Å². The lowest BCUT2D eigenvalue weighted by atomic mass is 9.93. The third kappa shape index (κ3) is 3.69. The van der Waals surface area contributed by atoms with Crippen molar-refractivity contribution in [3.05, 3.63) is 89.5 Å². The molecule has 0 saturated carbocycles. The Hall–Kier alpha value is -3.68. The number of likely N-dealkylation sites (tertiary alicyclic amines) is 1. The molecule has 1 saturated heterocycles. The second-order valence-corrected chi connectivity index (χ2v) is 6.57. The first-order chi connectivity index (χ1) is 14.0. The van der Waals surface area contributed by atoms with E-state index >= 15 is 0 Å². The van der Waals surface area contributed by atoms with Crippen molar-refractivity contribution in [2.45, 2.75) is 12.5 Å². The molecular weight excluding hydrogens is 378 g/mol. The second-order valence-electron chi connectivity index (χ2n) is 6.57. The quantitative estimate of drug-likeness (QED) is 0.734. The van der Waals surface area contributed by atoms with Gasteiger partial charge in [-0.15, -0.1) is 0 Å². The fraction of sp³-hybridized carbons (Fsp3) is 0.143. The molecule has 8 heteroatoms. The van der Waals surface area contributed by atoms with Gasteiger partial charge < -0.3 is 10.2 Å². The maximum atomic E-state index is 14.4. The second kappa shape index (κ2) is 7.75. The Morgan fingerprint density at radius 3 is 2.52 bits per heavy atom. The first kappa shape index (κ1) is 18.7. The van der Waals surface area contributed by atoms with Crippen LogP contribution in [0.15, 0.2) is 61.1 Å². The Balaban J connectivity index is 1.58. The highest BCUT2D eigenvalue weighted by molar-refractivity contribution is 6.04. The van der Waals surface area contributed by atoms with Crippen molar-refractivity contribution >= 4 is 17.5 Å². The number of anilines is 1. The van der Waals surface area contributed by atoms with Crippen molar-refractivity contribution < 1.29 is 18.4 Å². The summed E-state index contributed by atoms with van der Waals surface area (Å²) < 4.78 is 28.6. The van der Waals surface area contributed by atoms with Crippen LogP contribution in [-0.4, -0.2) is 33.2 Å². The molecule has 2 heterocycles. The molecule has 4 rings (SSSR count). The molecule has 3 aromatic rings. The zero-order valence-corrected chi connectivity index (χ0v) is 15.2. The minimum Gasteiger partial charge on any atom is -0.331 e. The Morgan fingerprint density at radius 2 is 1.86 bits per heavy atom. The number of nitrogens with zero attached hydrogens (tertiary/aromatic N) is 3. The van der Waals surface area contributed by atoms with Gasteiger partial charge in [0.1, 0.15) is 23.7 Å². The number of benzene rings is 2. The Bertz CT molecular complexity index is 1060. The standard InChI is InChI=1S/C21H16F2N4O2/c22-15-11-16(23)18(26-20(28)17-6-8-24-12-25-17)10-14(15)21(29)27-9-7-19(27)13-4-2-1-3-5-13/h1-6,8,10-12,19H,7,9H2,(H,26,28). The predicted octanol–water partition coefficient (Wildman–Crippen LogP) is 3.59. The minimum absolute atomic E-state index is 0.0171. The van der Waals surface area contributed by atoms with Crippen LogP contribution in [0, 0.1) is 11.6 Å². The van der Waals surface area contributed by atoms with Gasteiger partial charge in [0, 0.05) is 18.8 Å². The van der Waals surface area contributed by atoms with E-state index in [-0.39, 0.29) is 23.0 Å². The van der Waals surface area contributed by atoms with Crippen molar-refractivity contribution in [3.8, 4) is 0 Å². The number of aromatic nitrogens is 2. The van der Waals surface area contributed by atoms with Gasteiger partial charge in [-0.1, -0.05) is 30.3 Å². The molecule has 0 aliphatic carbocycles. The van der Waals surface area contributed by atoms with E-state index in [9.17, 15) is 18.4 Å². The molecule has 1 fully saturated rings. The highest BCUT2D eigenvalue weighted by Gasteiger charge is 2.35. The Kier molecular flexibility index (Phi) is 4.99. The van der Waals surface area contributed by atoms with Gasteiger partial charge in [-0.3, -0.25) is 9.59 Å². The van der Waals surface area contributed by atoms with Crippen LogP contribution in [0.1, 0.15) is 38.9 Å². The van der Waals surface area contributed by atoms with Crippen LogP contribution in [0.3, 0.4) is 0 Å². The number of rotatable bonds is 4. The van der Waals surface area contributed by atoms with Gasteiger partial charge in [-0.25, -0.2) is 18.7 Å². The Morgan fingerprint density at radius 1 is 1.07 bits per heavy atom. The van der Waals surface area contributed by atoms with Crippen molar-refractivity contribution in [1.82, 2.24) is 14.9 Å². The van der Waals surface area contributed by atoms with E-state index in [1.165, 1.54) is 23.5 Å². The van der Waals surface area contributed by atoms with Crippen LogP contribution < -0.4 is 5.32 Å². The fourth-order valence-electron chi connectivity index (χ4n) is 3.23. The molecule has 1 N–H and O–H groups in total. The predicted molar refractivity (Wildman–Crippen MR) is 101 cm³/mol. The largest absolute Gasteiger partial charge is 0.331 e. The summed E-state index contributed by atoms with van der Waals surface area (Å²) in [5.41, 5.74) is 0.371. The van der Waals surface area contributed by atoms with Crippen LogP contribution in [-0.2, 0) is 0 Å². The molecule has 0 spiro atoms. The molecule has 0 bridgehead atoms. The molecule has 1 aromatic heterocycles. The number of amides is 2. The monoisotopic (exact) mass is 394 g/mol. The maximum Gasteiger partial charge on any atom is 0.274 e. The van der Waals surface area contributed by atoms with Gasteiger partial charge in [0.05, 0.1) is 17.3 Å². The summed E-state index contributed by atoms with van der Waals surface area (Å²) in [6.07, 6.45) is 3.31. The first-order valence-corrected chi connectivity index (χ1v) is 8.97. The summed E-state index contributed by atoms with van der Waals surface area (Å²) in [6.45, 7) is 0.470. The average Bonchev–Trinajstić information content (AvgIpc) is 2.70. The number of carbonyl (C=O) groups excluding carboxylic acids is 2. The summed E-state index contributed by atoms with van der Waals surface area (Å²) in [7, 11) is 0. The van der Waals surface area contributed by atoms with Crippen molar-refractivity contribution in [1.29, 1.82) is 0 Å². The van der Waals surface area contributed by atoms with E-state index in [0.717, 1.165) is 18.1 Å². The van der Waals surface area contributed by atoms with Gasteiger partial charge in [0.15, 0.2) is 0 Å². The molecule has 1 aliphatic heterocycles. The first-order valence-electron chi connectivity index (χ1n) is 8.97. The smallest absolute Gasteiger partial charge is 0.274 e.